The molecule has 0 saturated carbocycles. The molecule has 3 heterocycles. The summed E-state index contributed by atoms with van der Waals surface area (Å²) in [6.07, 6.45) is 2.10. The van der Waals surface area contributed by atoms with Gasteiger partial charge in [-0.15, -0.1) is 0 Å². The normalized spacial score (nSPS) is 21.1. The number of hydrogen-bond acceptors (Lipinski definition) is 3. The summed E-state index contributed by atoms with van der Waals surface area (Å²) in [5.74, 6) is 0.869. The zero-order valence-corrected chi connectivity index (χ0v) is 16.2. The highest BCUT2D eigenvalue weighted by atomic mass is 19.4. The fraction of sp³-hybridized carbons (Fsp3) is 0.571. The summed E-state index contributed by atoms with van der Waals surface area (Å²) in [5.41, 5.74) is 2.05. The van der Waals surface area contributed by atoms with Gasteiger partial charge in [0.25, 0.3) is 0 Å². The van der Waals surface area contributed by atoms with Crippen LogP contribution in [0.2, 0.25) is 0 Å². The Bertz CT molecular complexity index is 828. The summed E-state index contributed by atoms with van der Waals surface area (Å²) in [7, 11) is 0. The van der Waals surface area contributed by atoms with Crippen molar-refractivity contribution in [3.8, 4) is 5.69 Å². The zero-order valence-electron chi connectivity index (χ0n) is 16.2. The first-order valence-corrected chi connectivity index (χ1v) is 10.3. The van der Waals surface area contributed by atoms with Crippen molar-refractivity contribution < 1.29 is 13.2 Å². The van der Waals surface area contributed by atoms with Crippen molar-refractivity contribution in [1.29, 1.82) is 0 Å². The van der Waals surface area contributed by atoms with Gasteiger partial charge >= 0.3 is 6.18 Å². The van der Waals surface area contributed by atoms with Crippen molar-refractivity contribution in [2.75, 3.05) is 25.0 Å². The van der Waals surface area contributed by atoms with E-state index in [0.717, 1.165) is 62.9 Å². The average Bonchev–Trinajstić information content (AvgIpc) is 2.88. The molecule has 2 aliphatic rings. The van der Waals surface area contributed by atoms with Gasteiger partial charge in [-0.1, -0.05) is 19.4 Å². The van der Waals surface area contributed by atoms with Crippen LogP contribution in [0.25, 0.3) is 5.69 Å². The van der Waals surface area contributed by atoms with E-state index in [1.807, 2.05) is 0 Å². The van der Waals surface area contributed by atoms with E-state index in [1.54, 1.807) is 10.7 Å². The summed E-state index contributed by atoms with van der Waals surface area (Å²) in [6.45, 7) is 5.00. The summed E-state index contributed by atoms with van der Waals surface area (Å²) in [6, 6.07) is 5.72. The van der Waals surface area contributed by atoms with Crippen LogP contribution in [0.5, 0.6) is 0 Å². The monoisotopic (exact) mass is 392 g/mol. The third-order valence-corrected chi connectivity index (χ3v) is 5.91. The van der Waals surface area contributed by atoms with Crippen molar-refractivity contribution >= 4 is 5.82 Å². The van der Waals surface area contributed by atoms with Crippen molar-refractivity contribution in [2.45, 2.75) is 57.7 Å². The first-order chi connectivity index (χ1) is 13.5. The van der Waals surface area contributed by atoms with E-state index in [-0.39, 0.29) is 6.04 Å². The Labute approximate surface area is 163 Å². The molecule has 1 aromatic heterocycles. The summed E-state index contributed by atoms with van der Waals surface area (Å²) >= 11 is 0. The number of piperidine rings is 1. The molecule has 2 aliphatic heterocycles. The first-order valence-electron chi connectivity index (χ1n) is 10.3. The Morgan fingerprint density at radius 2 is 2.04 bits per heavy atom. The molecule has 1 unspecified atom stereocenters. The van der Waals surface area contributed by atoms with Crippen LogP contribution < -0.4 is 5.32 Å². The van der Waals surface area contributed by atoms with Gasteiger partial charge in [-0.3, -0.25) is 4.90 Å². The van der Waals surface area contributed by atoms with Gasteiger partial charge in [-0.2, -0.15) is 18.3 Å². The van der Waals surface area contributed by atoms with Gasteiger partial charge in [-0.05, 0) is 63.4 Å². The second kappa shape index (κ2) is 7.78. The molecule has 7 heteroatoms. The number of alkyl halides is 3. The maximum Gasteiger partial charge on any atom is 0.416 e. The molecule has 1 atom stereocenters. The van der Waals surface area contributed by atoms with E-state index in [1.165, 1.54) is 30.5 Å². The number of aromatic nitrogens is 2. The number of benzene rings is 1. The van der Waals surface area contributed by atoms with Gasteiger partial charge in [0.2, 0.25) is 0 Å². The number of nitrogens with one attached hydrogen (secondary N) is 1. The highest BCUT2D eigenvalue weighted by Gasteiger charge is 2.33. The van der Waals surface area contributed by atoms with Crippen LogP contribution in [0.4, 0.5) is 19.0 Å². The van der Waals surface area contributed by atoms with Gasteiger partial charge in [0.15, 0.2) is 0 Å². The quantitative estimate of drug-likeness (QED) is 0.781. The van der Waals surface area contributed by atoms with E-state index < -0.39 is 11.7 Å². The lowest BCUT2D eigenvalue weighted by atomic mass is 9.95. The van der Waals surface area contributed by atoms with E-state index in [2.05, 4.69) is 17.1 Å². The highest BCUT2D eigenvalue weighted by Crippen LogP contribution is 2.38. The number of hydrogen-bond donors (Lipinski definition) is 1. The Kier molecular flexibility index (Phi) is 5.36. The Morgan fingerprint density at radius 3 is 2.82 bits per heavy atom. The second-order valence-corrected chi connectivity index (χ2v) is 7.70. The topological polar surface area (TPSA) is 33.1 Å². The molecule has 1 N–H and O–H groups in total. The third-order valence-electron chi connectivity index (χ3n) is 5.91. The van der Waals surface area contributed by atoms with Crippen molar-refractivity contribution in [3.05, 3.63) is 41.1 Å². The standard InChI is InChI=1S/C21H27F3N4/c1-2-27-13-6-4-11-18(27)19-17-10-3-5-12-25-20(17)28(26-19)16-9-7-8-15(14-16)21(22,23)24/h7-9,14,18,25H,2-6,10-13H2,1H3. The second-order valence-electron chi connectivity index (χ2n) is 7.70. The number of nitrogens with zero attached hydrogens (tertiary/aromatic N) is 3. The average molecular weight is 392 g/mol. The molecule has 1 fully saturated rings. The molecule has 4 rings (SSSR count). The molecule has 152 valence electrons. The fourth-order valence-corrected chi connectivity index (χ4v) is 4.48. The predicted molar refractivity (Wildman–Crippen MR) is 104 cm³/mol. The molecule has 1 saturated heterocycles. The van der Waals surface area contributed by atoms with Crippen LogP contribution in [0.15, 0.2) is 24.3 Å². The molecule has 0 radical (unpaired) electrons. The van der Waals surface area contributed by atoms with Crippen LogP contribution in [-0.2, 0) is 12.6 Å². The Morgan fingerprint density at radius 1 is 1.18 bits per heavy atom. The molecule has 0 aliphatic carbocycles. The number of anilines is 1. The van der Waals surface area contributed by atoms with Gasteiger partial charge in [0.05, 0.1) is 23.0 Å². The molecule has 1 aromatic carbocycles. The van der Waals surface area contributed by atoms with E-state index in [4.69, 9.17) is 5.10 Å². The Hall–Kier alpha value is -2.02. The minimum Gasteiger partial charge on any atom is -0.370 e. The molecule has 0 bridgehead atoms. The molecule has 28 heavy (non-hydrogen) atoms. The lowest BCUT2D eigenvalue weighted by Crippen LogP contribution is -2.34. The van der Waals surface area contributed by atoms with Crippen LogP contribution in [0.1, 0.15) is 61.9 Å². The van der Waals surface area contributed by atoms with Gasteiger partial charge in [0, 0.05) is 12.1 Å². The maximum atomic E-state index is 13.2. The molecular weight excluding hydrogens is 365 g/mol. The Balaban J connectivity index is 1.81. The van der Waals surface area contributed by atoms with Crippen molar-refractivity contribution in [2.24, 2.45) is 0 Å². The van der Waals surface area contributed by atoms with Crippen molar-refractivity contribution in [1.82, 2.24) is 14.7 Å². The highest BCUT2D eigenvalue weighted by molar-refractivity contribution is 5.55. The molecule has 0 spiro atoms. The van der Waals surface area contributed by atoms with E-state index >= 15 is 0 Å². The van der Waals surface area contributed by atoms with Gasteiger partial charge in [0.1, 0.15) is 5.82 Å². The van der Waals surface area contributed by atoms with Crippen LogP contribution in [-0.4, -0.2) is 34.3 Å². The van der Waals surface area contributed by atoms with Crippen LogP contribution in [0.3, 0.4) is 0 Å². The lowest BCUT2D eigenvalue weighted by molar-refractivity contribution is -0.137. The molecule has 2 aromatic rings. The third kappa shape index (κ3) is 3.64. The lowest BCUT2D eigenvalue weighted by Gasteiger charge is -2.34. The number of fused-ring (bicyclic) bond motifs is 1. The molecule has 4 nitrogen and oxygen atoms in total. The molecule has 0 amide bonds. The van der Waals surface area contributed by atoms with Crippen LogP contribution >= 0.6 is 0 Å². The SMILES string of the molecule is CCN1CCCCC1c1nn(-c2cccc(C(F)(F)F)c2)c2c1CCCCN2. The summed E-state index contributed by atoms with van der Waals surface area (Å²) in [4.78, 5) is 2.45. The number of likely N-dealkylation sites (tertiary alicyclic amines) is 1. The van der Waals surface area contributed by atoms with Crippen molar-refractivity contribution in [3.63, 3.8) is 0 Å². The minimum absolute atomic E-state index is 0.249. The van der Waals surface area contributed by atoms with Gasteiger partial charge < -0.3 is 5.32 Å². The minimum atomic E-state index is -4.36. The summed E-state index contributed by atoms with van der Waals surface area (Å²) in [5, 5.41) is 8.34. The number of halogens is 3. The zero-order chi connectivity index (χ0) is 19.7. The van der Waals surface area contributed by atoms with E-state index in [0.29, 0.717) is 5.69 Å². The first kappa shape index (κ1) is 19.3. The predicted octanol–water partition coefficient (Wildman–Crippen LogP) is 5.19. The van der Waals surface area contributed by atoms with Gasteiger partial charge in [-0.25, -0.2) is 4.68 Å². The van der Waals surface area contributed by atoms with E-state index in [9.17, 15) is 13.2 Å². The summed E-state index contributed by atoms with van der Waals surface area (Å²) < 4.78 is 41.4. The maximum absolute atomic E-state index is 13.2. The largest absolute Gasteiger partial charge is 0.416 e. The van der Waals surface area contributed by atoms with Crippen LogP contribution in [0, 0.1) is 0 Å². The fourth-order valence-electron chi connectivity index (χ4n) is 4.48. The number of rotatable bonds is 3. The smallest absolute Gasteiger partial charge is 0.370 e. The molecular formula is C21H27F3N4.